The van der Waals surface area contributed by atoms with E-state index in [2.05, 4.69) is 228 Å². The van der Waals surface area contributed by atoms with Crippen molar-refractivity contribution in [2.24, 2.45) is 0 Å². The molecule has 0 fully saturated rings. The summed E-state index contributed by atoms with van der Waals surface area (Å²) < 4.78 is 7.54. The monoisotopic (exact) mass is 868 g/mol. The van der Waals surface area contributed by atoms with Crippen molar-refractivity contribution in [1.29, 1.82) is 0 Å². The Bertz CT molecular complexity index is 4590. The van der Waals surface area contributed by atoms with Crippen LogP contribution in [0.3, 0.4) is 0 Å². The Labute approximate surface area is 387 Å². The van der Waals surface area contributed by atoms with Gasteiger partial charge in [-0.2, -0.15) is 0 Å². The molecular weight excluding hydrogens is 833 g/mol. The van der Waals surface area contributed by atoms with Gasteiger partial charge < -0.3 is 9.13 Å². The van der Waals surface area contributed by atoms with Crippen LogP contribution in [0.15, 0.2) is 218 Å². The minimum absolute atomic E-state index is 0.719. The second kappa shape index (κ2) is 13.9. The molecule has 67 heavy (non-hydrogen) atoms. The van der Waals surface area contributed by atoms with Gasteiger partial charge in [0.15, 0.2) is 5.82 Å². The van der Waals surface area contributed by atoms with Crippen LogP contribution < -0.4 is 0 Å². The summed E-state index contributed by atoms with van der Waals surface area (Å²) in [5, 5.41) is 15.7. The van der Waals surface area contributed by atoms with E-state index in [9.17, 15) is 0 Å². The van der Waals surface area contributed by atoms with E-state index < -0.39 is 0 Å². The first kappa shape index (κ1) is 36.7. The summed E-state index contributed by atoms with van der Waals surface area (Å²) in [6, 6.07) is 79.7. The maximum absolute atomic E-state index is 5.41. The Balaban J connectivity index is 0.933. The summed E-state index contributed by atoms with van der Waals surface area (Å²) in [5.41, 5.74) is 11.1. The summed E-state index contributed by atoms with van der Waals surface area (Å²) in [7, 11) is 0. The number of fused-ring (bicyclic) bond motifs is 13. The van der Waals surface area contributed by atoms with E-state index in [1.165, 1.54) is 91.0 Å². The number of rotatable bonds is 4. The van der Waals surface area contributed by atoms with Gasteiger partial charge in [-0.3, -0.25) is 0 Å². The van der Waals surface area contributed by atoms with Crippen LogP contribution in [-0.4, -0.2) is 19.1 Å². The van der Waals surface area contributed by atoms with E-state index >= 15 is 0 Å². The van der Waals surface area contributed by atoms with Crippen molar-refractivity contribution in [2.45, 2.75) is 0 Å². The van der Waals surface area contributed by atoms with Crippen LogP contribution in [0.25, 0.3) is 141 Å². The molecule has 4 aromatic heterocycles. The van der Waals surface area contributed by atoms with Crippen LogP contribution in [0, 0.1) is 0 Å². The highest BCUT2D eigenvalue weighted by Crippen LogP contribution is 2.45. The van der Waals surface area contributed by atoms with Crippen LogP contribution in [0.2, 0.25) is 0 Å². The van der Waals surface area contributed by atoms with Crippen LogP contribution in [0.1, 0.15) is 0 Å². The molecule has 4 heterocycles. The van der Waals surface area contributed by atoms with Crippen molar-refractivity contribution in [2.75, 3.05) is 0 Å². The van der Waals surface area contributed by atoms with Crippen molar-refractivity contribution in [3.63, 3.8) is 0 Å². The van der Waals surface area contributed by atoms with E-state index in [-0.39, 0.29) is 0 Å². The van der Waals surface area contributed by atoms with Gasteiger partial charge in [0, 0.05) is 69.3 Å². The average Bonchev–Trinajstić information content (AvgIpc) is 4.04. The third-order valence-corrected chi connectivity index (χ3v) is 15.2. The highest BCUT2D eigenvalue weighted by atomic mass is 32.1. The summed E-state index contributed by atoms with van der Waals surface area (Å²) in [4.78, 5) is 10.6. The Hall–Kier alpha value is -8.64. The second-order valence-electron chi connectivity index (χ2n) is 17.7. The molecule has 0 unspecified atom stereocenters. The molecule has 0 spiro atoms. The molecule has 0 atom stereocenters. The van der Waals surface area contributed by atoms with Gasteiger partial charge in [0.1, 0.15) is 0 Å². The summed E-state index contributed by atoms with van der Waals surface area (Å²) in [5.74, 6) is 0.719. The fourth-order valence-electron chi connectivity index (χ4n) is 11.1. The van der Waals surface area contributed by atoms with Gasteiger partial charge >= 0.3 is 0 Å². The minimum atomic E-state index is 0.719. The Morgan fingerprint density at radius 3 is 1.84 bits per heavy atom. The highest BCUT2D eigenvalue weighted by Gasteiger charge is 2.23. The Kier molecular flexibility index (Phi) is 7.63. The number of nitrogens with zero attached hydrogens (tertiary/aromatic N) is 4. The summed E-state index contributed by atoms with van der Waals surface area (Å²) in [6.45, 7) is 0. The number of thiophene rings is 1. The lowest BCUT2D eigenvalue weighted by Gasteiger charge is -2.16. The molecule has 0 N–H and O–H groups in total. The van der Waals surface area contributed by atoms with Crippen molar-refractivity contribution >= 4 is 118 Å². The van der Waals surface area contributed by atoms with Crippen molar-refractivity contribution in [3.8, 4) is 34.0 Å². The van der Waals surface area contributed by atoms with Gasteiger partial charge in [-0.25, -0.2) is 9.97 Å². The number of hydrogen-bond acceptors (Lipinski definition) is 3. The first-order valence-electron chi connectivity index (χ1n) is 22.8. The van der Waals surface area contributed by atoms with Crippen LogP contribution >= 0.6 is 11.3 Å². The Morgan fingerprint density at radius 2 is 0.970 bits per heavy atom. The minimum Gasteiger partial charge on any atom is -0.309 e. The summed E-state index contributed by atoms with van der Waals surface area (Å²) in [6.07, 6.45) is 0. The number of hydrogen-bond donors (Lipinski definition) is 0. The lowest BCUT2D eigenvalue weighted by atomic mass is 10.00. The molecule has 0 saturated heterocycles. The molecule has 0 radical (unpaired) electrons. The molecule has 310 valence electrons. The molecule has 11 aromatic carbocycles. The molecule has 0 aliphatic heterocycles. The fraction of sp³-hybridized carbons (Fsp3) is 0. The van der Waals surface area contributed by atoms with Crippen LogP contribution in [0.4, 0.5) is 0 Å². The third-order valence-electron chi connectivity index (χ3n) is 14.0. The fourth-order valence-corrected chi connectivity index (χ4v) is 12.2. The van der Waals surface area contributed by atoms with Crippen LogP contribution in [0.5, 0.6) is 0 Å². The lowest BCUT2D eigenvalue weighted by molar-refractivity contribution is 1.18. The number of para-hydroxylation sites is 3. The SMILES string of the molecule is c1ccc2cc3c(cc2c1)c1ccccc1n3-c1c2ccccc2cc2c1c1ccccc1n2-c1ccc2cc(-c3nc(-c4cccc5sc6ccccc6c45)c4ccccc4n3)ccc2c1. The van der Waals surface area contributed by atoms with Gasteiger partial charge in [0.05, 0.1) is 39.0 Å². The van der Waals surface area contributed by atoms with E-state index in [0.717, 1.165) is 50.0 Å². The summed E-state index contributed by atoms with van der Waals surface area (Å²) >= 11 is 1.83. The van der Waals surface area contributed by atoms with Gasteiger partial charge in [-0.05, 0) is 93.7 Å². The van der Waals surface area contributed by atoms with Crippen molar-refractivity contribution < 1.29 is 0 Å². The molecule has 5 heteroatoms. The molecule has 0 amide bonds. The van der Waals surface area contributed by atoms with Gasteiger partial charge in [0.25, 0.3) is 0 Å². The standard InChI is InChI=1S/C62H36N4S/c1-2-15-38-35-54-50(34-37(38)14-1)45-18-6-10-24-52(45)66(54)61-44-17-4-3-16-41(44)36-55-59(61)47-20-7-11-25-53(47)65(55)43-31-30-39-32-42(29-28-40(39)33-43)62-63-51-23-9-5-19-46(51)60(64-62)49-22-13-27-57-58(49)48-21-8-12-26-56(48)67-57/h1-36H. The van der Waals surface area contributed by atoms with E-state index in [1.54, 1.807) is 0 Å². The zero-order valence-electron chi connectivity index (χ0n) is 36.0. The number of aromatic nitrogens is 4. The number of benzene rings is 11. The molecule has 0 aliphatic rings. The van der Waals surface area contributed by atoms with Gasteiger partial charge in [-0.1, -0.05) is 152 Å². The van der Waals surface area contributed by atoms with E-state index in [1.807, 2.05) is 11.3 Å². The van der Waals surface area contributed by atoms with Gasteiger partial charge in [-0.15, -0.1) is 11.3 Å². The molecule has 0 aliphatic carbocycles. The zero-order valence-corrected chi connectivity index (χ0v) is 36.8. The predicted molar refractivity (Wildman–Crippen MR) is 284 cm³/mol. The maximum Gasteiger partial charge on any atom is 0.160 e. The first-order valence-corrected chi connectivity index (χ1v) is 23.6. The normalized spacial score (nSPS) is 12.2. The molecular formula is C62H36N4S. The largest absolute Gasteiger partial charge is 0.309 e. The van der Waals surface area contributed by atoms with E-state index in [4.69, 9.17) is 9.97 Å². The van der Waals surface area contributed by atoms with Gasteiger partial charge in [0.2, 0.25) is 0 Å². The maximum atomic E-state index is 5.41. The van der Waals surface area contributed by atoms with E-state index in [0.29, 0.717) is 0 Å². The zero-order chi connectivity index (χ0) is 43.7. The highest BCUT2D eigenvalue weighted by molar-refractivity contribution is 7.25. The molecule has 15 aromatic rings. The molecule has 0 saturated carbocycles. The average molecular weight is 869 g/mol. The quantitative estimate of drug-likeness (QED) is 0.177. The Morgan fingerprint density at radius 1 is 0.343 bits per heavy atom. The molecule has 4 nitrogen and oxygen atoms in total. The third kappa shape index (κ3) is 5.34. The van der Waals surface area contributed by atoms with Crippen LogP contribution in [-0.2, 0) is 0 Å². The first-order chi connectivity index (χ1) is 33.2. The van der Waals surface area contributed by atoms with Crippen molar-refractivity contribution in [1.82, 2.24) is 19.1 Å². The second-order valence-corrected chi connectivity index (χ2v) is 18.8. The lowest BCUT2D eigenvalue weighted by Crippen LogP contribution is -1.98. The topological polar surface area (TPSA) is 35.6 Å². The van der Waals surface area contributed by atoms with Crippen molar-refractivity contribution in [3.05, 3.63) is 218 Å². The molecule has 15 rings (SSSR count). The predicted octanol–water partition coefficient (Wildman–Crippen LogP) is 17.0. The smallest absolute Gasteiger partial charge is 0.160 e. The molecule has 0 bridgehead atoms.